The van der Waals surface area contributed by atoms with Crippen molar-refractivity contribution in [1.82, 2.24) is 4.98 Å². The normalized spacial score (nSPS) is 7.72. The smallest absolute Gasteiger partial charge is 0.149 e. The Bertz CT molecular complexity index is 538. The number of hydrogen-bond donors (Lipinski definition) is 5. The average Bonchev–Trinajstić information content (AvgIpc) is 2.58. The Morgan fingerprint density at radius 3 is 1.68 bits per heavy atom. The highest BCUT2D eigenvalue weighted by molar-refractivity contribution is 5.60. The molecule has 0 bridgehead atoms. The second kappa shape index (κ2) is 19.2. The number of nitrogen functional groups attached to an aromatic ring is 4. The lowest BCUT2D eigenvalue weighted by atomic mass is 10.2. The average molecular weight is 350 g/mol. The number of anilines is 4. The lowest BCUT2D eigenvalue weighted by molar-refractivity contribution is 0.476. The van der Waals surface area contributed by atoms with Gasteiger partial charge in [-0.3, -0.25) is 0 Å². The summed E-state index contributed by atoms with van der Waals surface area (Å²) in [4.78, 5) is 3.70. The first-order chi connectivity index (χ1) is 11.8. The van der Waals surface area contributed by atoms with Crippen LogP contribution in [0.3, 0.4) is 0 Å². The van der Waals surface area contributed by atoms with Gasteiger partial charge in [0.2, 0.25) is 0 Å². The summed E-state index contributed by atoms with van der Waals surface area (Å²) in [6, 6.07) is 11.0. The van der Waals surface area contributed by atoms with Crippen molar-refractivity contribution in [2.75, 3.05) is 22.9 Å². The van der Waals surface area contributed by atoms with Gasteiger partial charge in [-0.15, -0.1) is 0 Å². The summed E-state index contributed by atoms with van der Waals surface area (Å²) < 4.78 is 0. The Balaban J connectivity index is -0.000000277. The summed E-state index contributed by atoms with van der Waals surface area (Å²) in [6.45, 7) is 13.2. The van der Waals surface area contributed by atoms with E-state index in [1.54, 1.807) is 12.1 Å². The van der Waals surface area contributed by atoms with E-state index in [9.17, 15) is 0 Å². The molecule has 2 aromatic rings. The van der Waals surface area contributed by atoms with E-state index in [1.807, 2.05) is 45.0 Å². The molecule has 6 heteroatoms. The topological polar surface area (TPSA) is 137 Å². The fraction of sp³-hybridized carbons (Fsp3) is 0.316. The zero-order valence-electron chi connectivity index (χ0n) is 16.2. The minimum Gasteiger partial charge on any atom is -0.516 e. The van der Waals surface area contributed by atoms with E-state index in [0.29, 0.717) is 11.5 Å². The molecule has 142 valence electrons. The number of nitrogens with two attached hydrogens (primary N) is 4. The molecule has 0 amide bonds. The monoisotopic (exact) mass is 349 g/mol. The van der Waals surface area contributed by atoms with Crippen LogP contribution in [-0.4, -0.2) is 10.1 Å². The molecule has 0 spiro atoms. The summed E-state index contributed by atoms with van der Waals surface area (Å²) >= 11 is 0. The van der Waals surface area contributed by atoms with Gasteiger partial charge in [0.1, 0.15) is 11.6 Å². The highest BCUT2D eigenvalue weighted by Gasteiger charge is 1.92. The molecule has 0 fully saturated rings. The van der Waals surface area contributed by atoms with Gasteiger partial charge in [0, 0.05) is 5.69 Å². The third kappa shape index (κ3) is 17.3. The van der Waals surface area contributed by atoms with Crippen LogP contribution in [0.4, 0.5) is 23.0 Å². The first-order valence-corrected chi connectivity index (χ1v) is 8.17. The van der Waals surface area contributed by atoms with E-state index in [1.165, 1.54) is 6.42 Å². The summed E-state index contributed by atoms with van der Waals surface area (Å²) in [7, 11) is 0. The zero-order valence-corrected chi connectivity index (χ0v) is 16.2. The zero-order chi connectivity index (χ0) is 20.3. The Kier molecular flexibility index (Phi) is 20.7. The molecule has 0 aliphatic rings. The van der Waals surface area contributed by atoms with Crippen LogP contribution >= 0.6 is 0 Å². The lowest BCUT2D eigenvalue weighted by Crippen LogP contribution is -1.99. The fourth-order valence-corrected chi connectivity index (χ4v) is 1.09. The molecule has 0 radical (unpaired) electrons. The van der Waals surface area contributed by atoms with E-state index >= 15 is 0 Å². The third-order valence-corrected chi connectivity index (χ3v) is 2.17. The largest absolute Gasteiger partial charge is 0.516 e. The molecule has 0 saturated heterocycles. The van der Waals surface area contributed by atoms with Crippen LogP contribution in [0.25, 0.3) is 0 Å². The van der Waals surface area contributed by atoms with Gasteiger partial charge in [-0.1, -0.05) is 58.9 Å². The maximum atomic E-state index is 7.33. The first kappa shape index (κ1) is 27.0. The van der Waals surface area contributed by atoms with Crippen molar-refractivity contribution in [3.8, 4) is 0 Å². The second-order valence-electron chi connectivity index (χ2n) is 4.46. The van der Waals surface area contributed by atoms with Crippen molar-refractivity contribution in [1.29, 1.82) is 0 Å². The molecule has 1 heterocycles. The summed E-state index contributed by atoms with van der Waals surface area (Å²) in [5, 5.41) is 7.33. The Morgan fingerprint density at radius 1 is 0.960 bits per heavy atom. The SMILES string of the molecule is C=CO.CC.CCC.Cc1ccccc1N.Nc1ccc(N)c(N)n1. The first-order valence-electron chi connectivity index (χ1n) is 8.17. The predicted molar refractivity (Wildman–Crippen MR) is 113 cm³/mol. The highest BCUT2D eigenvalue weighted by atomic mass is 16.2. The predicted octanol–water partition coefficient (Wildman–Crippen LogP) is 4.54. The summed E-state index contributed by atoms with van der Waals surface area (Å²) in [5.74, 6) is 0.678. The van der Waals surface area contributed by atoms with Crippen LogP contribution in [0.15, 0.2) is 49.2 Å². The Morgan fingerprint density at radius 2 is 1.40 bits per heavy atom. The molecule has 6 nitrogen and oxygen atoms in total. The van der Waals surface area contributed by atoms with Gasteiger partial charge in [0.15, 0.2) is 0 Å². The molecule has 1 aromatic carbocycles. The standard InChI is InChI=1S/C7H9N.C5H8N4.C3H8.C2H4O.C2H6/c1-6-4-2-3-5-7(6)8;6-3-1-2-4(7)9-5(3)8;1-3-2;1-2-3;1-2/h2-5H,8H2,1H3;1-2H,6H2,(H4,7,8,9);3H2,1-2H3;2-3H,1H2;1-2H3. The lowest BCUT2D eigenvalue weighted by Gasteiger charge is -1.97. The number of aliphatic hydroxyl groups excluding tert-OH is 1. The molecule has 0 atom stereocenters. The van der Waals surface area contributed by atoms with Crippen molar-refractivity contribution in [2.45, 2.75) is 41.0 Å². The third-order valence-electron chi connectivity index (χ3n) is 2.17. The number of aliphatic hydroxyl groups is 1. The van der Waals surface area contributed by atoms with E-state index in [0.717, 1.165) is 17.5 Å². The number of aromatic nitrogens is 1. The minimum absolute atomic E-state index is 0.287. The Hall–Kier alpha value is -2.89. The highest BCUT2D eigenvalue weighted by Crippen LogP contribution is 2.11. The van der Waals surface area contributed by atoms with E-state index in [2.05, 4.69) is 25.4 Å². The minimum atomic E-state index is 0.287. The second-order valence-corrected chi connectivity index (χ2v) is 4.46. The number of nitrogens with zero attached hydrogens (tertiary/aromatic N) is 1. The quantitative estimate of drug-likeness (QED) is 0.350. The number of aryl methyl sites for hydroxylation is 1. The van der Waals surface area contributed by atoms with Crippen molar-refractivity contribution in [2.24, 2.45) is 0 Å². The maximum Gasteiger partial charge on any atom is 0.149 e. The van der Waals surface area contributed by atoms with Crippen LogP contribution in [0.1, 0.15) is 39.7 Å². The maximum absolute atomic E-state index is 7.33. The van der Waals surface area contributed by atoms with E-state index in [-0.39, 0.29) is 5.82 Å². The van der Waals surface area contributed by atoms with Crippen molar-refractivity contribution >= 4 is 23.0 Å². The van der Waals surface area contributed by atoms with Crippen LogP contribution in [0.5, 0.6) is 0 Å². The van der Waals surface area contributed by atoms with Gasteiger partial charge < -0.3 is 28.0 Å². The molecular formula is C19H35N5O. The molecule has 0 saturated carbocycles. The van der Waals surface area contributed by atoms with E-state index in [4.69, 9.17) is 28.0 Å². The number of para-hydroxylation sites is 1. The van der Waals surface area contributed by atoms with Gasteiger partial charge >= 0.3 is 0 Å². The van der Waals surface area contributed by atoms with Crippen molar-refractivity contribution < 1.29 is 5.11 Å². The van der Waals surface area contributed by atoms with E-state index < -0.39 is 0 Å². The van der Waals surface area contributed by atoms with Gasteiger partial charge in [-0.05, 0) is 30.7 Å². The van der Waals surface area contributed by atoms with Crippen molar-refractivity contribution in [3.63, 3.8) is 0 Å². The molecule has 1 aromatic heterocycles. The van der Waals surface area contributed by atoms with Crippen molar-refractivity contribution in [3.05, 3.63) is 54.8 Å². The molecule has 2 rings (SSSR count). The molecule has 9 N–H and O–H groups in total. The molecule has 25 heavy (non-hydrogen) atoms. The number of pyridine rings is 1. The molecule has 0 aliphatic heterocycles. The number of hydrogen-bond acceptors (Lipinski definition) is 6. The van der Waals surface area contributed by atoms with Gasteiger partial charge in [-0.25, -0.2) is 4.98 Å². The van der Waals surface area contributed by atoms with Crippen LogP contribution in [-0.2, 0) is 0 Å². The van der Waals surface area contributed by atoms with Crippen LogP contribution in [0, 0.1) is 6.92 Å². The Labute approximate surface area is 152 Å². The van der Waals surface area contributed by atoms with Gasteiger partial charge in [0.25, 0.3) is 0 Å². The van der Waals surface area contributed by atoms with Crippen LogP contribution < -0.4 is 22.9 Å². The van der Waals surface area contributed by atoms with Crippen LogP contribution in [0.2, 0.25) is 0 Å². The van der Waals surface area contributed by atoms with Gasteiger partial charge in [-0.2, -0.15) is 0 Å². The summed E-state index contributed by atoms with van der Waals surface area (Å²) in [6.07, 6.45) is 2.00. The fourth-order valence-electron chi connectivity index (χ4n) is 1.09. The molecule has 0 aliphatic carbocycles. The summed E-state index contributed by atoms with van der Waals surface area (Å²) in [5.41, 5.74) is 23.9. The number of rotatable bonds is 0. The molecule has 0 unspecified atom stereocenters. The molecular weight excluding hydrogens is 314 g/mol. The number of benzene rings is 1. The van der Waals surface area contributed by atoms with Gasteiger partial charge in [0.05, 0.1) is 11.9 Å².